The second-order valence-corrected chi connectivity index (χ2v) is 4.40. The topological polar surface area (TPSA) is 166 Å². The Balaban J connectivity index is 3.23. The molecule has 0 spiro atoms. The molecular weight excluding hydrogens is 320 g/mol. The van der Waals surface area contributed by atoms with Gasteiger partial charge in [0.1, 0.15) is 6.42 Å². The maximum Gasteiger partial charge on any atom is 0.377 e. The number of aliphatic hydroxyl groups excluding tert-OH is 1. The van der Waals surface area contributed by atoms with Crippen LogP contribution in [-0.2, 0) is 38.1 Å². The minimum Gasteiger partial charge on any atom is -0.389 e. The molecule has 1 rings (SSSR count). The maximum absolute atomic E-state index is 11.8. The van der Waals surface area contributed by atoms with Crippen molar-refractivity contribution in [2.45, 2.75) is 37.9 Å². The van der Waals surface area contributed by atoms with Gasteiger partial charge in [-0.25, -0.2) is 14.4 Å². The number of cyclic esters (lactones) is 4. The van der Waals surface area contributed by atoms with Crippen molar-refractivity contribution in [1.29, 1.82) is 0 Å². The molecule has 1 aliphatic rings. The van der Waals surface area contributed by atoms with Gasteiger partial charge in [-0.3, -0.25) is 4.79 Å². The number of ether oxygens (including phenoxy) is 4. The molecule has 0 aliphatic carbocycles. The highest BCUT2D eigenvalue weighted by Gasteiger charge is 2.55. The molecule has 11 nitrogen and oxygen atoms in total. The average molecular weight is 336 g/mol. The minimum atomic E-state index is -3.26. The van der Waals surface area contributed by atoms with E-state index in [0.29, 0.717) is 0 Å². The molecule has 0 aromatic heterocycles. The van der Waals surface area contributed by atoms with E-state index >= 15 is 0 Å². The summed E-state index contributed by atoms with van der Waals surface area (Å²) >= 11 is 0. The second kappa shape index (κ2) is 7.10. The maximum atomic E-state index is 11.8. The van der Waals surface area contributed by atoms with E-state index in [1.165, 1.54) is 13.8 Å². The average Bonchev–Trinajstić information content (AvgIpc) is 2.45. The lowest BCUT2D eigenvalue weighted by Gasteiger charge is -2.31. The fourth-order valence-corrected chi connectivity index (χ4v) is 1.69. The molecule has 3 unspecified atom stereocenters. The first-order valence-electron chi connectivity index (χ1n) is 6.52. The number of carbonyl (C=O) groups is 4. The van der Waals surface area contributed by atoms with Crippen LogP contribution in [0.25, 0.3) is 0 Å². The lowest BCUT2D eigenvalue weighted by atomic mass is 10.1. The monoisotopic (exact) mass is 336 g/mol. The van der Waals surface area contributed by atoms with Crippen molar-refractivity contribution in [1.82, 2.24) is 0 Å². The smallest absolute Gasteiger partial charge is 0.377 e. The Bertz CT molecular complexity index is 515. The number of rotatable bonds is 4. The summed E-state index contributed by atoms with van der Waals surface area (Å²) in [5.41, 5.74) is 0. The van der Waals surface area contributed by atoms with Gasteiger partial charge in [0, 0.05) is 13.2 Å². The molecule has 0 aromatic carbocycles. The molecule has 11 heteroatoms. The van der Waals surface area contributed by atoms with Crippen LogP contribution in [0.2, 0.25) is 0 Å². The fourth-order valence-electron chi connectivity index (χ4n) is 1.69. The van der Waals surface area contributed by atoms with Crippen molar-refractivity contribution >= 4 is 23.9 Å². The highest BCUT2D eigenvalue weighted by atomic mass is 16.7. The summed E-state index contributed by atoms with van der Waals surface area (Å²) in [5.74, 6) is -13.0. The Hall–Kier alpha value is -1.92. The van der Waals surface area contributed by atoms with Crippen molar-refractivity contribution in [2.75, 3.05) is 13.2 Å². The van der Waals surface area contributed by atoms with Gasteiger partial charge in [-0.15, -0.1) is 0 Å². The van der Waals surface area contributed by atoms with Gasteiger partial charge in [0.05, 0.1) is 0 Å². The SMILES string of the molecule is CCOC1(O)CC(=O)OC(=O)C(O)(OCC)C(O)C(=O)OC1=O. The molecule has 1 saturated heterocycles. The van der Waals surface area contributed by atoms with Crippen molar-refractivity contribution in [2.24, 2.45) is 0 Å². The van der Waals surface area contributed by atoms with E-state index in [2.05, 4.69) is 18.9 Å². The first kappa shape index (κ1) is 19.1. The van der Waals surface area contributed by atoms with Crippen molar-refractivity contribution in [3.63, 3.8) is 0 Å². The molecule has 23 heavy (non-hydrogen) atoms. The normalized spacial score (nSPS) is 33.2. The fraction of sp³-hybridized carbons (Fsp3) is 0.667. The van der Waals surface area contributed by atoms with Gasteiger partial charge >= 0.3 is 29.7 Å². The Morgan fingerprint density at radius 1 is 1.04 bits per heavy atom. The summed E-state index contributed by atoms with van der Waals surface area (Å²) < 4.78 is 17.5. The van der Waals surface area contributed by atoms with Crippen LogP contribution in [0.15, 0.2) is 0 Å². The van der Waals surface area contributed by atoms with Crippen molar-refractivity contribution < 1.29 is 53.4 Å². The van der Waals surface area contributed by atoms with E-state index in [1.54, 1.807) is 0 Å². The number of aliphatic hydroxyl groups is 3. The zero-order chi connectivity index (χ0) is 17.8. The molecule has 1 aliphatic heterocycles. The van der Waals surface area contributed by atoms with Gasteiger partial charge in [0.25, 0.3) is 5.79 Å². The Kier molecular flexibility index (Phi) is 5.91. The third-order valence-electron chi connectivity index (χ3n) is 2.74. The standard InChI is InChI=1S/C12H16O11/c1-3-20-11(18)5-6(13)22-10(17)12(19,21-4-2)7(14)8(15)23-9(11)16/h7,14,18-19H,3-5H2,1-2H3. The third-order valence-corrected chi connectivity index (χ3v) is 2.74. The number of esters is 4. The summed E-state index contributed by atoms with van der Waals surface area (Å²) in [6.07, 6.45) is -3.91. The molecule has 0 bridgehead atoms. The second-order valence-electron chi connectivity index (χ2n) is 4.40. The highest BCUT2D eigenvalue weighted by Crippen LogP contribution is 2.23. The summed E-state index contributed by atoms with van der Waals surface area (Å²) in [6.45, 7) is 2.06. The van der Waals surface area contributed by atoms with Gasteiger partial charge in [-0.1, -0.05) is 0 Å². The summed E-state index contributed by atoms with van der Waals surface area (Å²) in [5, 5.41) is 29.5. The molecule has 3 atom stereocenters. The van der Waals surface area contributed by atoms with Gasteiger partial charge in [0.2, 0.25) is 6.10 Å². The van der Waals surface area contributed by atoms with Crippen LogP contribution in [0.1, 0.15) is 20.3 Å². The highest BCUT2D eigenvalue weighted by molar-refractivity contribution is 6.00. The van der Waals surface area contributed by atoms with E-state index < -0.39 is 48.0 Å². The van der Waals surface area contributed by atoms with Crippen molar-refractivity contribution in [3.05, 3.63) is 0 Å². The molecule has 0 amide bonds. The number of carbonyl (C=O) groups excluding carboxylic acids is 4. The summed E-state index contributed by atoms with van der Waals surface area (Å²) in [4.78, 5) is 46.8. The lowest BCUT2D eigenvalue weighted by Crippen LogP contribution is -2.59. The Morgan fingerprint density at radius 3 is 2.13 bits per heavy atom. The quantitative estimate of drug-likeness (QED) is 0.278. The van der Waals surface area contributed by atoms with Crippen LogP contribution < -0.4 is 0 Å². The van der Waals surface area contributed by atoms with Crippen LogP contribution >= 0.6 is 0 Å². The number of hydrogen-bond donors (Lipinski definition) is 3. The predicted octanol–water partition coefficient (Wildman–Crippen LogP) is -2.66. The van der Waals surface area contributed by atoms with Gasteiger partial charge in [0.15, 0.2) is 0 Å². The predicted molar refractivity (Wildman–Crippen MR) is 66.0 cm³/mol. The van der Waals surface area contributed by atoms with E-state index in [0.717, 1.165) is 0 Å². The molecule has 0 aromatic rings. The molecular formula is C12H16O11. The molecule has 130 valence electrons. The van der Waals surface area contributed by atoms with Crippen LogP contribution in [0.3, 0.4) is 0 Å². The van der Waals surface area contributed by atoms with Crippen LogP contribution in [-0.4, -0.2) is 70.1 Å². The largest absolute Gasteiger partial charge is 0.389 e. The third kappa shape index (κ3) is 3.89. The van der Waals surface area contributed by atoms with E-state index in [4.69, 9.17) is 0 Å². The van der Waals surface area contributed by atoms with Gasteiger partial charge in [-0.05, 0) is 13.8 Å². The molecule has 1 fully saturated rings. The lowest BCUT2D eigenvalue weighted by molar-refractivity contribution is -0.268. The Labute approximate surface area is 129 Å². The first-order chi connectivity index (χ1) is 10.6. The van der Waals surface area contributed by atoms with Gasteiger partial charge < -0.3 is 34.3 Å². The number of hydrogen-bond acceptors (Lipinski definition) is 11. The molecule has 3 N–H and O–H groups in total. The zero-order valence-electron chi connectivity index (χ0n) is 12.3. The van der Waals surface area contributed by atoms with E-state index in [9.17, 15) is 34.5 Å². The first-order valence-corrected chi connectivity index (χ1v) is 6.52. The summed E-state index contributed by atoms with van der Waals surface area (Å²) in [7, 11) is 0. The Morgan fingerprint density at radius 2 is 1.61 bits per heavy atom. The molecule has 0 radical (unpaired) electrons. The molecule has 0 saturated carbocycles. The van der Waals surface area contributed by atoms with E-state index in [-0.39, 0.29) is 13.2 Å². The van der Waals surface area contributed by atoms with Crippen LogP contribution in [0.5, 0.6) is 0 Å². The van der Waals surface area contributed by atoms with Gasteiger partial charge in [-0.2, -0.15) is 0 Å². The van der Waals surface area contributed by atoms with Crippen LogP contribution in [0, 0.1) is 0 Å². The molecule has 1 heterocycles. The van der Waals surface area contributed by atoms with Crippen molar-refractivity contribution in [3.8, 4) is 0 Å². The minimum absolute atomic E-state index is 0.257. The van der Waals surface area contributed by atoms with E-state index in [1.807, 2.05) is 0 Å². The van der Waals surface area contributed by atoms with Crippen LogP contribution in [0.4, 0.5) is 0 Å². The zero-order valence-corrected chi connectivity index (χ0v) is 12.3. The summed E-state index contributed by atoms with van der Waals surface area (Å²) in [6, 6.07) is 0.